The smallest absolute Gasteiger partial charge is 0.410 e. The van der Waals surface area contributed by atoms with Crippen LogP contribution in [0.1, 0.15) is 11.1 Å². The highest BCUT2D eigenvalue weighted by Gasteiger charge is 2.21. The van der Waals surface area contributed by atoms with E-state index < -0.39 is 4.92 Å². The second kappa shape index (κ2) is 6.88. The van der Waals surface area contributed by atoms with Crippen molar-refractivity contribution in [3.05, 3.63) is 63.7 Å². The molecule has 0 unspecified atom stereocenters. The van der Waals surface area contributed by atoms with Crippen molar-refractivity contribution in [1.82, 2.24) is 4.90 Å². The van der Waals surface area contributed by atoms with E-state index in [1.807, 2.05) is 30.3 Å². The number of rotatable bonds is 5. The molecule has 1 heterocycles. The highest BCUT2D eigenvalue weighted by atomic mass is 16.6. The fraction of sp³-hybridized carbons (Fsp3) is 0.176. The maximum absolute atomic E-state index is 11.4. The largest absolute Gasteiger partial charge is 0.448 e. The van der Waals surface area contributed by atoms with E-state index in [2.05, 4.69) is 5.32 Å². The summed E-state index contributed by atoms with van der Waals surface area (Å²) in [4.78, 5) is 23.3. The van der Waals surface area contributed by atoms with Crippen LogP contribution in [0.25, 0.3) is 0 Å². The van der Waals surface area contributed by atoms with Gasteiger partial charge in [-0.05, 0) is 23.8 Å². The van der Waals surface area contributed by atoms with Gasteiger partial charge in [-0.25, -0.2) is 4.79 Å². The van der Waals surface area contributed by atoms with Crippen molar-refractivity contribution < 1.29 is 14.5 Å². The van der Waals surface area contributed by atoms with Crippen LogP contribution in [0.4, 0.5) is 21.9 Å². The van der Waals surface area contributed by atoms with Crippen LogP contribution in [0.3, 0.4) is 0 Å². The summed E-state index contributed by atoms with van der Waals surface area (Å²) >= 11 is 0. The van der Waals surface area contributed by atoms with E-state index in [9.17, 15) is 14.9 Å². The minimum atomic E-state index is -0.539. The Balaban J connectivity index is 1.72. The molecule has 0 saturated carbocycles. The number of anilines is 2. The summed E-state index contributed by atoms with van der Waals surface area (Å²) < 4.78 is 4.89. The molecule has 0 spiro atoms. The summed E-state index contributed by atoms with van der Waals surface area (Å²) in [7, 11) is 0. The second-order valence-corrected chi connectivity index (χ2v) is 5.46. The quantitative estimate of drug-likeness (QED) is 0.662. The maximum atomic E-state index is 11.4. The molecule has 2 aromatic rings. The van der Waals surface area contributed by atoms with Gasteiger partial charge in [0.2, 0.25) is 0 Å². The van der Waals surface area contributed by atoms with Gasteiger partial charge >= 0.3 is 6.09 Å². The average molecular weight is 338 g/mol. The van der Waals surface area contributed by atoms with Crippen LogP contribution in [0.2, 0.25) is 0 Å². The molecule has 1 aliphatic rings. The van der Waals surface area contributed by atoms with Crippen LogP contribution < -0.4 is 5.32 Å². The predicted octanol–water partition coefficient (Wildman–Crippen LogP) is 3.16. The van der Waals surface area contributed by atoms with Crippen molar-refractivity contribution in [3.63, 3.8) is 0 Å². The Hall–Kier alpha value is -3.60. The lowest BCUT2D eigenvalue weighted by Crippen LogP contribution is -2.23. The molecule has 3 rings (SSSR count). The van der Waals surface area contributed by atoms with Crippen molar-refractivity contribution in [2.24, 2.45) is 0 Å². The summed E-state index contributed by atoms with van der Waals surface area (Å²) in [6.45, 7) is 1.46. The van der Waals surface area contributed by atoms with Gasteiger partial charge < -0.3 is 15.0 Å². The molecule has 1 aliphatic heterocycles. The standard InChI is InChI=1S/C17H14N4O4/c18-10-13-9-15(21(23)24)5-6-16(13)19-14-3-1-12(2-4-14)11-20-7-8-25-17(20)22/h1-6,9,19H,7-8,11H2. The first kappa shape index (κ1) is 16.3. The molecule has 0 aromatic heterocycles. The Kier molecular flexibility index (Phi) is 4.48. The van der Waals surface area contributed by atoms with Crippen LogP contribution in [-0.2, 0) is 11.3 Å². The number of carbonyl (C=O) groups is 1. The molecule has 2 aromatic carbocycles. The van der Waals surface area contributed by atoms with Crippen molar-refractivity contribution in [2.75, 3.05) is 18.5 Å². The lowest BCUT2D eigenvalue weighted by molar-refractivity contribution is -0.384. The van der Waals surface area contributed by atoms with Crippen molar-refractivity contribution >= 4 is 23.2 Å². The number of nitro groups is 1. The first-order valence-electron chi connectivity index (χ1n) is 7.53. The molecule has 0 aliphatic carbocycles. The highest BCUT2D eigenvalue weighted by molar-refractivity contribution is 5.70. The molecule has 0 atom stereocenters. The maximum Gasteiger partial charge on any atom is 0.410 e. The molecule has 8 heteroatoms. The van der Waals surface area contributed by atoms with E-state index in [0.717, 1.165) is 11.3 Å². The molecular formula is C17H14N4O4. The number of nitrogens with one attached hydrogen (secondary N) is 1. The molecule has 25 heavy (non-hydrogen) atoms. The zero-order chi connectivity index (χ0) is 17.8. The molecule has 126 valence electrons. The Morgan fingerprint density at radius 3 is 2.64 bits per heavy atom. The van der Waals surface area contributed by atoms with Gasteiger partial charge in [0.1, 0.15) is 12.7 Å². The van der Waals surface area contributed by atoms with E-state index in [1.165, 1.54) is 18.2 Å². The third-order valence-corrected chi connectivity index (χ3v) is 3.79. The van der Waals surface area contributed by atoms with Gasteiger partial charge in [0.15, 0.2) is 0 Å². The van der Waals surface area contributed by atoms with Crippen molar-refractivity contribution in [1.29, 1.82) is 5.26 Å². The second-order valence-electron chi connectivity index (χ2n) is 5.46. The summed E-state index contributed by atoms with van der Waals surface area (Å²) in [6, 6.07) is 13.4. The van der Waals surface area contributed by atoms with E-state index in [-0.39, 0.29) is 17.3 Å². The fourth-order valence-corrected chi connectivity index (χ4v) is 2.49. The van der Waals surface area contributed by atoms with Crippen LogP contribution in [0, 0.1) is 21.4 Å². The van der Waals surface area contributed by atoms with Gasteiger partial charge in [0.05, 0.1) is 22.7 Å². The first-order chi connectivity index (χ1) is 12.1. The summed E-state index contributed by atoms with van der Waals surface area (Å²) in [6.07, 6.45) is -0.313. The Morgan fingerprint density at radius 1 is 1.28 bits per heavy atom. The number of nitrogens with zero attached hydrogens (tertiary/aromatic N) is 3. The Morgan fingerprint density at radius 2 is 2.04 bits per heavy atom. The average Bonchev–Trinajstić information content (AvgIpc) is 3.01. The normalized spacial score (nSPS) is 13.2. The molecule has 1 N–H and O–H groups in total. The van der Waals surface area contributed by atoms with Gasteiger partial charge in [-0.1, -0.05) is 12.1 Å². The molecule has 8 nitrogen and oxygen atoms in total. The number of non-ortho nitro benzene ring substituents is 1. The molecule has 1 amide bonds. The SMILES string of the molecule is N#Cc1cc([N+](=O)[O-])ccc1Nc1ccc(CN2CCOC2=O)cc1. The molecule has 0 radical (unpaired) electrons. The number of hydrogen-bond donors (Lipinski definition) is 1. The minimum absolute atomic E-state index is 0.130. The number of hydrogen-bond acceptors (Lipinski definition) is 6. The number of cyclic esters (lactones) is 1. The van der Waals surface area contributed by atoms with Gasteiger partial charge in [-0.2, -0.15) is 5.26 Å². The number of nitriles is 1. The van der Waals surface area contributed by atoms with Gasteiger partial charge in [0, 0.05) is 24.4 Å². The molecule has 1 fully saturated rings. The number of ether oxygens (including phenoxy) is 1. The summed E-state index contributed by atoms with van der Waals surface area (Å²) in [5.41, 5.74) is 2.24. The molecule has 1 saturated heterocycles. The zero-order valence-corrected chi connectivity index (χ0v) is 13.1. The fourth-order valence-electron chi connectivity index (χ4n) is 2.49. The van der Waals surface area contributed by atoms with Gasteiger partial charge in [-0.3, -0.25) is 10.1 Å². The highest BCUT2D eigenvalue weighted by Crippen LogP contribution is 2.25. The van der Waals surface area contributed by atoms with Crippen LogP contribution in [0.15, 0.2) is 42.5 Å². The number of amides is 1. The third kappa shape index (κ3) is 3.67. The van der Waals surface area contributed by atoms with E-state index in [1.54, 1.807) is 4.90 Å². The number of carbonyl (C=O) groups excluding carboxylic acids is 1. The summed E-state index contributed by atoms with van der Waals surface area (Å²) in [5.74, 6) is 0. The lowest BCUT2D eigenvalue weighted by atomic mass is 10.1. The van der Waals surface area contributed by atoms with Crippen molar-refractivity contribution in [3.8, 4) is 6.07 Å². The van der Waals surface area contributed by atoms with Crippen molar-refractivity contribution in [2.45, 2.75) is 6.54 Å². The Labute approximate surface area is 143 Å². The Bertz CT molecular complexity index is 858. The first-order valence-corrected chi connectivity index (χ1v) is 7.53. The van der Waals surface area contributed by atoms with Crippen LogP contribution >= 0.6 is 0 Å². The zero-order valence-electron chi connectivity index (χ0n) is 13.1. The topological polar surface area (TPSA) is 108 Å². The molecular weight excluding hydrogens is 324 g/mol. The third-order valence-electron chi connectivity index (χ3n) is 3.79. The molecule has 0 bridgehead atoms. The van der Waals surface area contributed by atoms with Crippen LogP contribution in [-0.4, -0.2) is 29.1 Å². The van der Waals surface area contributed by atoms with E-state index in [0.29, 0.717) is 25.4 Å². The monoisotopic (exact) mass is 338 g/mol. The van der Waals surface area contributed by atoms with Gasteiger partial charge in [0.25, 0.3) is 5.69 Å². The summed E-state index contributed by atoms with van der Waals surface area (Å²) in [5, 5.41) is 23.0. The van der Waals surface area contributed by atoms with Gasteiger partial charge in [-0.15, -0.1) is 0 Å². The number of benzene rings is 2. The lowest BCUT2D eigenvalue weighted by Gasteiger charge is -2.13. The van der Waals surface area contributed by atoms with Crippen LogP contribution in [0.5, 0.6) is 0 Å². The van der Waals surface area contributed by atoms with E-state index in [4.69, 9.17) is 10.00 Å². The predicted molar refractivity (Wildman–Crippen MR) is 89.3 cm³/mol. The van der Waals surface area contributed by atoms with E-state index >= 15 is 0 Å². The minimum Gasteiger partial charge on any atom is -0.448 e. The number of nitro benzene ring substituents is 1.